The molecule has 2 aromatic heterocycles. The van der Waals surface area contributed by atoms with E-state index >= 15 is 0 Å². The maximum atomic E-state index is 12.9. The van der Waals surface area contributed by atoms with Gasteiger partial charge in [-0.25, -0.2) is 13.0 Å². The Morgan fingerprint density at radius 1 is 1.21 bits per heavy atom. The lowest BCUT2D eigenvalue weighted by molar-refractivity contribution is 0.315. The summed E-state index contributed by atoms with van der Waals surface area (Å²) < 4.78 is 32.1. The van der Waals surface area contributed by atoms with Crippen LogP contribution in [-0.4, -0.2) is 34.6 Å². The van der Waals surface area contributed by atoms with E-state index in [0.29, 0.717) is 23.1 Å². The number of aromatic nitrogens is 3. The largest absolute Gasteiger partial charge is 0.264 e. The van der Waals surface area contributed by atoms with Crippen LogP contribution in [0.3, 0.4) is 0 Å². The van der Waals surface area contributed by atoms with Gasteiger partial charge >= 0.3 is 0 Å². The molecule has 1 atom stereocenters. The van der Waals surface area contributed by atoms with E-state index in [2.05, 4.69) is 19.9 Å². The number of benzene rings is 1. The first kappa shape index (κ1) is 15.2. The van der Waals surface area contributed by atoms with Gasteiger partial charge in [0.25, 0.3) is 0 Å². The van der Waals surface area contributed by atoms with Gasteiger partial charge < -0.3 is 0 Å². The molecule has 0 saturated carbocycles. The summed E-state index contributed by atoms with van der Waals surface area (Å²) in [6.07, 6.45) is 5.10. The van der Waals surface area contributed by atoms with E-state index in [1.807, 2.05) is 12.1 Å². The molecule has 3 aromatic rings. The molecule has 1 aliphatic rings. The van der Waals surface area contributed by atoms with E-state index in [-0.39, 0.29) is 11.8 Å². The number of rotatable bonds is 4. The van der Waals surface area contributed by atoms with Crippen LogP contribution in [0.15, 0.2) is 47.4 Å². The first-order valence-corrected chi connectivity index (χ1v) is 9.35. The first-order valence-electron chi connectivity index (χ1n) is 7.74. The van der Waals surface area contributed by atoms with Crippen molar-refractivity contribution < 1.29 is 13.0 Å². The molecule has 7 nitrogen and oxygen atoms in total. The molecule has 0 aliphatic carbocycles. The lowest BCUT2D eigenvalue weighted by Crippen LogP contribution is -2.31. The van der Waals surface area contributed by atoms with Gasteiger partial charge in [0.1, 0.15) is 11.0 Å². The fraction of sp³-hybridized carbons (Fsp3) is 0.312. The van der Waals surface area contributed by atoms with Crippen LogP contribution >= 0.6 is 0 Å². The third-order valence-corrected chi connectivity index (χ3v) is 6.15. The predicted molar refractivity (Wildman–Crippen MR) is 87.3 cm³/mol. The van der Waals surface area contributed by atoms with Crippen molar-refractivity contribution in [3.8, 4) is 0 Å². The topological polar surface area (TPSA) is 89.2 Å². The van der Waals surface area contributed by atoms with E-state index in [4.69, 9.17) is 0 Å². The molecule has 1 unspecified atom stereocenters. The summed E-state index contributed by atoms with van der Waals surface area (Å²) in [5.74, 6) is -0.0629. The molecular formula is C16H16N4O3S. The molecule has 0 amide bonds. The van der Waals surface area contributed by atoms with Crippen LogP contribution in [0.4, 0.5) is 0 Å². The third-order valence-electron chi connectivity index (χ3n) is 4.30. The van der Waals surface area contributed by atoms with Crippen molar-refractivity contribution in [2.45, 2.75) is 24.6 Å². The third kappa shape index (κ3) is 2.78. The monoisotopic (exact) mass is 344 g/mol. The van der Waals surface area contributed by atoms with Crippen LogP contribution in [0.2, 0.25) is 0 Å². The number of fused-ring (bicyclic) bond motifs is 1. The zero-order chi connectivity index (χ0) is 16.6. The number of nitrogens with zero attached hydrogens (tertiary/aromatic N) is 4. The standard InChI is InChI=1S/C16H16N4O3S/c21-24(22,11-12-5-6-14-15(9-12)19-23-18-14)20-8-2-4-16(20)13-3-1-7-17-10-13/h1,3,5-7,9-10,16H,2,4,8,11H2. The SMILES string of the molecule is O=S(=O)(Cc1ccc2nonc2c1)N1CCCC1c1cccnc1. The minimum absolute atomic E-state index is 0.0629. The van der Waals surface area contributed by atoms with Gasteiger partial charge in [-0.2, -0.15) is 4.31 Å². The van der Waals surface area contributed by atoms with Crippen LogP contribution in [-0.2, 0) is 15.8 Å². The van der Waals surface area contributed by atoms with Crippen LogP contribution in [0.5, 0.6) is 0 Å². The molecule has 4 rings (SSSR count). The average molecular weight is 344 g/mol. The summed E-state index contributed by atoms with van der Waals surface area (Å²) >= 11 is 0. The molecule has 1 aromatic carbocycles. The van der Waals surface area contributed by atoms with Crippen molar-refractivity contribution in [1.29, 1.82) is 0 Å². The van der Waals surface area contributed by atoms with Crippen molar-refractivity contribution in [3.63, 3.8) is 0 Å². The van der Waals surface area contributed by atoms with Gasteiger partial charge in [0.2, 0.25) is 10.0 Å². The van der Waals surface area contributed by atoms with E-state index in [0.717, 1.165) is 18.4 Å². The van der Waals surface area contributed by atoms with Crippen molar-refractivity contribution in [1.82, 2.24) is 19.6 Å². The molecule has 1 saturated heterocycles. The second kappa shape index (κ2) is 5.95. The predicted octanol–water partition coefficient (Wildman–Crippen LogP) is 2.28. The molecule has 24 heavy (non-hydrogen) atoms. The Hall–Kier alpha value is -2.32. The number of hydrogen-bond acceptors (Lipinski definition) is 6. The minimum atomic E-state index is -3.44. The van der Waals surface area contributed by atoms with Crippen molar-refractivity contribution >= 4 is 21.1 Å². The summed E-state index contributed by atoms with van der Waals surface area (Å²) in [5, 5.41) is 7.50. The smallest absolute Gasteiger partial charge is 0.218 e. The molecule has 0 spiro atoms. The molecule has 1 aliphatic heterocycles. The normalized spacial score (nSPS) is 19.1. The van der Waals surface area contributed by atoms with Gasteiger partial charge in [-0.05, 0) is 52.5 Å². The van der Waals surface area contributed by atoms with Gasteiger partial charge in [-0.15, -0.1) is 0 Å². The second-order valence-electron chi connectivity index (χ2n) is 5.90. The van der Waals surface area contributed by atoms with Crippen LogP contribution < -0.4 is 0 Å². The molecule has 0 bridgehead atoms. The Morgan fingerprint density at radius 3 is 2.92 bits per heavy atom. The minimum Gasteiger partial charge on any atom is -0.264 e. The van der Waals surface area contributed by atoms with Crippen LogP contribution in [0.1, 0.15) is 30.0 Å². The Kier molecular flexibility index (Phi) is 3.78. The van der Waals surface area contributed by atoms with Crippen molar-refractivity contribution in [3.05, 3.63) is 53.9 Å². The Morgan fingerprint density at radius 2 is 2.08 bits per heavy atom. The number of hydrogen-bond donors (Lipinski definition) is 0. The van der Waals surface area contributed by atoms with E-state index in [9.17, 15) is 8.42 Å². The number of sulfonamides is 1. The summed E-state index contributed by atoms with van der Waals surface area (Å²) in [6, 6.07) is 8.81. The summed E-state index contributed by atoms with van der Waals surface area (Å²) in [6.45, 7) is 0.537. The lowest BCUT2D eigenvalue weighted by Gasteiger charge is -2.24. The number of pyridine rings is 1. The summed E-state index contributed by atoms with van der Waals surface area (Å²) in [5.41, 5.74) is 2.79. The first-order chi connectivity index (χ1) is 11.6. The molecule has 0 N–H and O–H groups in total. The fourth-order valence-electron chi connectivity index (χ4n) is 3.19. The molecule has 3 heterocycles. The highest BCUT2D eigenvalue weighted by Gasteiger charge is 2.35. The molecule has 124 valence electrons. The van der Waals surface area contributed by atoms with E-state index in [1.54, 1.807) is 34.9 Å². The van der Waals surface area contributed by atoms with Gasteiger partial charge in [0.05, 0.1) is 11.8 Å². The van der Waals surface area contributed by atoms with Crippen LogP contribution in [0.25, 0.3) is 11.0 Å². The highest BCUT2D eigenvalue weighted by molar-refractivity contribution is 7.88. The van der Waals surface area contributed by atoms with Gasteiger partial charge in [-0.3, -0.25) is 4.98 Å². The van der Waals surface area contributed by atoms with Crippen LogP contribution in [0, 0.1) is 0 Å². The van der Waals surface area contributed by atoms with Gasteiger partial charge in [-0.1, -0.05) is 12.1 Å². The van der Waals surface area contributed by atoms with E-state index < -0.39 is 10.0 Å². The van der Waals surface area contributed by atoms with E-state index in [1.165, 1.54) is 0 Å². The Balaban J connectivity index is 1.61. The average Bonchev–Trinajstić information content (AvgIpc) is 3.24. The highest BCUT2D eigenvalue weighted by Crippen LogP contribution is 2.34. The highest BCUT2D eigenvalue weighted by atomic mass is 32.2. The van der Waals surface area contributed by atoms with Crippen molar-refractivity contribution in [2.24, 2.45) is 0 Å². The van der Waals surface area contributed by atoms with Gasteiger partial charge in [0.15, 0.2) is 0 Å². The zero-order valence-electron chi connectivity index (χ0n) is 12.9. The van der Waals surface area contributed by atoms with Gasteiger partial charge in [0, 0.05) is 18.9 Å². The summed E-state index contributed by atoms with van der Waals surface area (Å²) in [4.78, 5) is 4.11. The maximum Gasteiger partial charge on any atom is 0.218 e. The summed E-state index contributed by atoms with van der Waals surface area (Å²) in [7, 11) is -3.44. The zero-order valence-corrected chi connectivity index (χ0v) is 13.7. The maximum absolute atomic E-state index is 12.9. The second-order valence-corrected chi connectivity index (χ2v) is 7.82. The molecule has 0 radical (unpaired) electrons. The Bertz CT molecular complexity index is 956. The molecule has 1 fully saturated rings. The molecular weight excluding hydrogens is 328 g/mol. The quantitative estimate of drug-likeness (QED) is 0.721. The fourth-order valence-corrected chi connectivity index (χ4v) is 4.98. The molecule has 8 heteroatoms. The van der Waals surface area contributed by atoms with Crippen molar-refractivity contribution in [2.75, 3.05) is 6.54 Å². The Labute approximate surface area is 139 Å². The lowest BCUT2D eigenvalue weighted by atomic mass is 10.1.